The van der Waals surface area contributed by atoms with Crippen LogP contribution in [0.2, 0.25) is 0 Å². The van der Waals surface area contributed by atoms with Crippen LogP contribution in [0.25, 0.3) is 0 Å². The highest BCUT2D eigenvalue weighted by Crippen LogP contribution is 2.15. The smallest absolute Gasteiger partial charge is 0.222 e. The van der Waals surface area contributed by atoms with Gasteiger partial charge in [0.15, 0.2) is 5.82 Å². The molecule has 110 valence electrons. The first-order chi connectivity index (χ1) is 9.71. The lowest BCUT2D eigenvalue weighted by Gasteiger charge is -2.14. The SMILES string of the molecule is CCCNc1cc(NC2CNC(=O)C2)nc(COC)n1. The minimum Gasteiger partial charge on any atom is -0.377 e. The number of methoxy groups -OCH3 is 1. The van der Waals surface area contributed by atoms with Crippen molar-refractivity contribution in [2.75, 3.05) is 30.8 Å². The number of aromatic nitrogens is 2. The summed E-state index contributed by atoms with van der Waals surface area (Å²) < 4.78 is 5.08. The second-order valence-corrected chi connectivity index (χ2v) is 4.76. The van der Waals surface area contributed by atoms with Crippen LogP contribution in [0.5, 0.6) is 0 Å². The molecule has 1 aliphatic heterocycles. The van der Waals surface area contributed by atoms with Gasteiger partial charge in [0.1, 0.15) is 18.2 Å². The summed E-state index contributed by atoms with van der Waals surface area (Å²) in [5.74, 6) is 2.17. The zero-order valence-corrected chi connectivity index (χ0v) is 11.9. The maximum Gasteiger partial charge on any atom is 0.222 e. The predicted molar refractivity (Wildman–Crippen MR) is 76.6 cm³/mol. The molecular formula is C13H21N5O2. The van der Waals surface area contributed by atoms with Crippen molar-refractivity contribution in [2.24, 2.45) is 0 Å². The Labute approximate surface area is 118 Å². The maximum absolute atomic E-state index is 11.2. The van der Waals surface area contributed by atoms with Crippen LogP contribution in [0.1, 0.15) is 25.6 Å². The monoisotopic (exact) mass is 279 g/mol. The number of nitrogens with zero attached hydrogens (tertiary/aromatic N) is 2. The summed E-state index contributed by atoms with van der Waals surface area (Å²) in [5.41, 5.74) is 0. The Kier molecular flexibility index (Phi) is 5.11. The number of ether oxygens (including phenoxy) is 1. The summed E-state index contributed by atoms with van der Waals surface area (Å²) in [5, 5.41) is 9.29. The highest BCUT2D eigenvalue weighted by atomic mass is 16.5. The van der Waals surface area contributed by atoms with Crippen LogP contribution in [0.4, 0.5) is 11.6 Å². The van der Waals surface area contributed by atoms with Crippen molar-refractivity contribution in [2.45, 2.75) is 32.4 Å². The van der Waals surface area contributed by atoms with Crippen LogP contribution >= 0.6 is 0 Å². The maximum atomic E-state index is 11.2. The number of carbonyl (C=O) groups is 1. The Hall–Kier alpha value is -1.89. The molecule has 7 nitrogen and oxygen atoms in total. The summed E-state index contributed by atoms with van der Waals surface area (Å²) in [6, 6.07) is 1.93. The number of carbonyl (C=O) groups excluding carboxylic acids is 1. The Morgan fingerprint density at radius 3 is 2.90 bits per heavy atom. The molecule has 1 aromatic heterocycles. The average Bonchev–Trinajstić information content (AvgIpc) is 2.82. The van der Waals surface area contributed by atoms with E-state index in [1.54, 1.807) is 7.11 Å². The fourth-order valence-electron chi connectivity index (χ4n) is 2.02. The Morgan fingerprint density at radius 2 is 2.25 bits per heavy atom. The van der Waals surface area contributed by atoms with E-state index in [9.17, 15) is 4.79 Å². The van der Waals surface area contributed by atoms with Crippen molar-refractivity contribution < 1.29 is 9.53 Å². The van der Waals surface area contributed by atoms with Crippen molar-refractivity contribution in [3.63, 3.8) is 0 Å². The van der Waals surface area contributed by atoms with Crippen molar-refractivity contribution in [1.29, 1.82) is 0 Å². The molecule has 1 unspecified atom stereocenters. The lowest BCUT2D eigenvalue weighted by Crippen LogP contribution is -2.23. The number of anilines is 2. The van der Waals surface area contributed by atoms with Gasteiger partial charge in [-0.15, -0.1) is 0 Å². The zero-order chi connectivity index (χ0) is 14.4. The summed E-state index contributed by atoms with van der Waals surface area (Å²) in [6.45, 7) is 3.93. The first-order valence-electron chi connectivity index (χ1n) is 6.85. The second kappa shape index (κ2) is 7.04. The van der Waals surface area contributed by atoms with Gasteiger partial charge in [-0.05, 0) is 6.42 Å². The van der Waals surface area contributed by atoms with Gasteiger partial charge < -0.3 is 20.7 Å². The quantitative estimate of drug-likeness (QED) is 0.682. The average molecular weight is 279 g/mol. The van der Waals surface area contributed by atoms with E-state index in [1.807, 2.05) is 6.07 Å². The summed E-state index contributed by atoms with van der Waals surface area (Å²) in [6.07, 6.45) is 1.49. The number of hydrogen-bond donors (Lipinski definition) is 3. The van der Waals surface area contributed by atoms with Crippen LogP contribution in [-0.2, 0) is 16.1 Å². The fraction of sp³-hybridized carbons (Fsp3) is 0.615. The van der Waals surface area contributed by atoms with Gasteiger partial charge in [-0.25, -0.2) is 9.97 Å². The standard InChI is InChI=1S/C13H21N5O2/c1-3-4-14-10-6-11(18-12(17-10)8-20-2)16-9-5-13(19)15-7-9/h6,9H,3-5,7-8H2,1-2H3,(H,15,19)(H2,14,16,17,18). The summed E-state index contributed by atoms with van der Waals surface area (Å²) in [7, 11) is 1.61. The molecule has 7 heteroatoms. The largest absolute Gasteiger partial charge is 0.377 e. The first kappa shape index (κ1) is 14.5. The van der Waals surface area contributed by atoms with Gasteiger partial charge in [-0.2, -0.15) is 0 Å². The topological polar surface area (TPSA) is 88.2 Å². The third-order valence-corrected chi connectivity index (χ3v) is 2.93. The van der Waals surface area contributed by atoms with Gasteiger partial charge in [-0.1, -0.05) is 6.92 Å². The molecule has 0 saturated carbocycles. The molecule has 0 bridgehead atoms. The lowest BCUT2D eigenvalue weighted by molar-refractivity contribution is -0.119. The molecule has 0 aliphatic carbocycles. The molecule has 0 aromatic carbocycles. The number of hydrogen-bond acceptors (Lipinski definition) is 6. The second-order valence-electron chi connectivity index (χ2n) is 4.76. The normalized spacial score (nSPS) is 17.9. The molecule has 2 heterocycles. The molecule has 1 aliphatic rings. The van der Waals surface area contributed by atoms with Gasteiger partial charge in [0.25, 0.3) is 0 Å². The van der Waals surface area contributed by atoms with Crippen LogP contribution in [0.15, 0.2) is 6.07 Å². The van der Waals surface area contributed by atoms with Gasteiger partial charge in [0.2, 0.25) is 5.91 Å². The fourth-order valence-corrected chi connectivity index (χ4v) is 2.02. The molecular weight excluding hydrogens is 258 g/mol. The summed E-state index contributed by atoms with van der Waals surface area (Å²) in [4.78, 5) is 20.0. The minimum absolute atomic E-state index is 0.0676. The predicted octanol–water partition coefficient (Wildman–Crippen LogP) is 0.745. The van der Waals surface area contributed by atoms with E-state index >= 15 is 0 Å². The van der Waals surface area contributed by atoms with E-state index in [0.29, 0.717) is 31.2 Å². The van der Waals surface area contributed by atoms with Crippen LogP contribution in [-0.4, -0.2) is 42.1 Å². The molecule has 2 rings (SSSR count). The number of amides is 1. The van der Waals surface area contributed by atoms with Gasteiger partial charge >= 0.3 is 0 Å². The van der Waals surface area contributed by atoms with Crippen LogP contribution in [0, 0.1) is 0 Å². The molecule has 1 amide bonds. The molecule has 1 atom stereocenters. The third kappa shape index (κ3) is 4.06. The van der Waals surface area contributed by atoms with Crippen LogP contribution < -0.4 is 16.0 Å². The molecule has 1 saturated heterocycles. The Morgan fingerprint density at radius 1 is 1.45 bits per heavy atom. The molecule has 0 spiro atoms. The third-order valence-electron chi connectivity index (χ3n) is 2.93. The zero-order valence-electron chi connectivity index (χ0n) is 11.9. The van der Waals surface area contributed by atoms with Gasteiger partial charge in [0.05, 0.1) is 6.04 Å². The van der Waals surface area contributed by atoms with Gasteiger partial charge in [-0.3, -0.25) is 4.79 Å². The molecule has 1 aromatic rings. The Balaban J connectivity index is 2.08. The van der Waals surface area contributed by atoms with Crippen molar-refractivity contribution in [3.8, 4) is 0 Å². The van der Waals surface area contributed by atoms with Gasteiger partial charge in [0, 0.05) is 32.7 Å². The van der Waals surface area contributed by atoms with E-state index in [2.05, 4.69) is 32.8 Å². The van der Waals surface area contributed by atoms with E-state index in [4.69, 9.17) is 4.74 Å². The van der Waals surface area contributed by atoms with E-state index in [-0.39, 0.29) is 11.9 Å². The van der Waals surface area contributed by atoms with E-state index in [1.165, 1.54) is 0 Å². The molecule has 0 radical (unpaired) electrons. The first-order valence-corrected chi connectivity index (χ1v) is 6.85. The number of rotatable bonds is 7. The molecule has 1 fully saturated rings. The van der Waals surface area contributed by atoms with E-state index < -0.39 is 0 Å². The van der Waals surface area contributed by atoms with Crippen molar-refractivity contribution in [1.82, 2.24) is 15.3 Å². The number of nitrogens with one attached hydrogen (secondary N) is 3. The Bertz CT molecular complexity index is 466. The van der Waals surface area contributed by atoms with E-state index in [0.717, 1.165) is 18.8 Å². The minimum atomic E-state index is 0.0676. The lowest BCUT2D eigenvalue weighted by atomic mass is 10.2. The summed E-state index contributed by atoms with van der Waals surface area (Å²) >= 11 is 0. The highest BCUT2D eigenvalue weighted by molar-refractivity contribution is 5.79. The molecule has 20 heavy (non-hydrogen) atoms. The van der Waals surface area contributed by atoms with Crippen molar-refractivity contribution >= 4 is 17.5 Å². The highest BCUT2D eigenvalue weighted by Gasteiger charge is 2.21. The molecule has 3 N–H and O–H groups in total. The van der Waals surface area contributed by atoms with Crippen LogP contribution in [0.3, 0.4) is 0 Å². The van der Waals surface area contributed by atoms with Crippen molar-refractivity contribution in [3.05, 3.63) is 11.9 Å².